The van der Waals surface area contributed by atoms with Crippen molar-refractivity contribution in [1.82, 2.24) is 14.8 Å². The second-order valence-electron chi connectivity index (χ2n) is 9.71. The van der Waals surface area contributed by atoms with Crippen LogP contribution in [0.4, 0.5) is 5.95 Å². The maximum atomic E-state index is 13.4. The number of ether oxygens (including phenoxy) is 2. The number of benzene rings is 2. The summed E-state index contributed by atoms with van der Waals surface area (Å²) in [5.41, 5.74) is 2.86. The van der Waals surface area contributed by atoms with Crippen molar-refractivity contribution in [1.29, 1.82) is 0 Å². The van der Waals surface area contributed by atoms with Crippen LogP contribution in [0, 0.1) is 5.41 Å². The second-order valence-corrected chi connectivity index (χ2v) is 10.6. The van der Waals surface area contributed by atoms with Crippen LogP contribution in [0.15, 0.2) is 65.0 Å². The molecular weight excluding hydrogens is 476 g/mol. The average molecular weight is 505 g/mol. The van der Waals surface area contributed by atoms with Gasteiger partial charge in [-0.25, -0.2) is 4.68 Å². The largest absolute Gasteiger partial charge is 0.497 e. The topological polar surface area (TPSA) is 95.3 Å². The molecule has 0 saturated heterocycles. The van der Waals surface area contributed by atoms with E-state index in [0.29, 0.717) is 40.2 Å². The molecule has 0 amide bonds. The van der Waals surface area contributed by atoms with Crippen LogP contribution in [-0.2, 0) is 4.79 Å². The van der Waals surface area contributed by atoms with Gasteiger partial charge in [0.2, 0.25) is 11.1 Å². The van der Waals surface area contributed by atoms with E-state index in [4.69, 9.17) is 14.6 Å². The number of allylic oxidation sites excluding steroid dienone is 2. The van der Waals surface area contributed by atoms with Gasteiger partial charge < -0.3 is 14.8 Å². The van der Waals surface area contributed by atoms with Crippen molar-refractivity contribution in [2.45, 2.75) is 37.9 Å². The molecule has 0 unspecified atom stereocenters. The smallest absolute Gasteiger partial charge is 0.227 e. The van der Waals surface area contributed by atoms with Gasteiger partial charge in [0, 0.05) is 28.8 Å². The van der Waals surface area contributed by atoms with Gasteiger partial charge in [-0.05, 0) is 42.2 Å². The fraction of sp³-hybridized carbons (Fsp3) is 0.333. The first-order valence-electron chi connectivity index (χ1n) is 11.7. The number of hydrogen-bond acceptors (Lipinski definition) is 8. The van der Waals surface area contributed by atoms with E-state index < -0.39 is 6.04 Å². The lowest BCUT2D eigenvalue weighted by Gasteiger charge is -2.38. The lowest BCUT2D eigenvalue weighted by atomic mass is 9.73. The lowest BCUT2D eigenvalue weighted by Crippen LogP contribution is -2.36. The molecule has 0 bridgehead atoms. The van der Waals surface area contributed by atoms with Crippen molar-refractivity contribution < 1.29 is 19.1 Å². The molecule has 2 heterocycles. The molecule has 1 N–H and O–H groups in total. The number of nitrogens with one attached hydrogen (secondary N) is 1. The fourth-order valence-electron chi connectivity index (χ4n) is 4.82. The maximum absolute atomic E-state index is 13.4. The highest BCUT2D eigenvalue weighted by molar-refractivity contribution is 7.99. The van der Waals surface area contributed by atoms with E-state index in [0.717, 1.165) is 17.7 Å². The highest BCUT2D eigenvalue weighted by atomic mass is 32.2. The summed E-state index contributed by atoms with van der Waals surface area (Å²) in [4.78, 5) is 30.8. The Balaban J connectivity index is 1.47. The van der Waals surface area contributed by atoms with Crippen LogP contribution < -0.4 is 14.8 Å². The molecule has 1 aliphatic heterocycles. The molecule has 8 nitrogen and oxygen atoms in total. The van der Waals surface area contributed by atoms with Crippen molar-refractivity contribution in [3.63, 3.8) is 0 Å². The highest BCUT2D eigenvalue weighted by Gasteiger charge is 2.42. The molecule has 2 aromatic carbocycles. The Hall–Kier alpha value is -3.59. The molecular formula is C27H28N4O4S. The Labute approximate surface area is 214 Å². The highest BCUT2D eigenvalue weighted by Crippen LogP contribution is 2.47. The molecule has 36 heavy (non-hydrogen) atoms. The number of aromatic nitrogens is 3. The molecule has 186 valence electrons. The number of nitrogens with zero attached hydrogens (tertiary/aromatic N) is 3. The van der Waals surface area contributed by atoms with Crippen LogP contribution in [0.1, 0.15) is 48.7 Å². The second kappa shape index (κ2) is 9.46. The summed E-state index contributed by atoms with van der Waals surface area (Å²) in [7, 11) is 3.21. The zero-order valence-electron chi connectivity index (χ0n) is 20.7. The van der Waals surface area contributed by atoms with E-state index in [-0.39, 0.29) is 22.7 Å². The Morgan fingerprint density at radius 1 is 1.11 bits per heavy atom. The van der Waals surface area contributed by atoms with Crippen molar-refractivity contribution in [2.75, 3.05) is 25.3 Å². The summed E-state index contributed by atoms with van der Waals surface area (Å²) in [6.07, 6.45) is 1.19. The molecule has 0 saturated carbocycles. The van der Waals surface area contributed by atoms with Gasteiger partial charge in [-0.15, -0.1) is 5.10 Å². The van der Waals surface area contributed by atoms with E-state index in [9.17, 15) is 9.59 Å². The van der Waals surface area contributed by atoms with Gasteiger partial charge in [0.1, 0.15) is 17.5 Å². The molecule has 2 aliphatic rings. The quantitative estimate of drug-likeness (QED) is 0.358. The standard InChI is InChI=1S/C27H28N4O4S/c1-27(2)13-19-23(20(32)14-27)24(18-7-5-6-8-22(18)35-4)31-25(28-19)29-26(30-31)36-15-21(33)16-9-11-17(34-3)12-10-16/h5-12,24H,13-15H2,1-4H3,(H,28,29,30)/t24-/m0/s1. The number of carbonyl (C=O) groups excluding carboxylic acids is 2. The fourth-order valence-corrected chi connectivity index (χ4v) is 5.54. The van der Waals surface area contributed by atoms with Crippen molar-refractivity contribution in [3.05, 3.63) is 70.9 Å². The summed E-state index contributed by atoms with van der Waals surface area (Å²) >= 11 is 1.27. The number of methoxy groups -OCH3 is 2. The van der Waals surface area contributed by atoms with Crippen LogP contribution in [-0.4, -0.2) is 46.3 Å². The monoisotopic (exact) mass is 504 g/mol. The first-order valence-corrected chi connectivity index (χ1v) is 12.7. The number of anilines is 1. The van der Waals surface area contributed by atoms with Gasteiger partial charge in [-0.3, -0.25) is 9.59 Å². The zero-order chi connectivity index (χ0) is 25.4. The van der Waals surface area contributed by atoms with Crippen LogP contribution in [0.2, 0.25) is 0 Å². The summed E-state index contributed by atoms with van der Waals surface area (Å²) < 4.78 is 12.6. The molecule has 0 spiro atoms. The third kappa shape index (κ3) is 4.51. The number of hydrogen-bond donors (Lipinski definition) is 1. The SMILES string of the molecule is COc1ccc(C(=O)CSc2nc3n(n2)[C@@H](c2ccccc2OC)C2=C(CC(C)(C)CC2=O)N3)cc1. The summed E-state index contributed by atoms with van der Waals surface area (Å²) in [5, 5.41) is 8.56. The van der Waals surface area contributed by atoms with Crippen LogP contribution in [0.5, 0.6) is 11.5 Å². The molecule has 1 aromatic heterocycles. The summed E-state index contributed by atoms with van der Waals surface area (Å²) in [6.45, 7) is 4.19. The number of thioether (sulfide) groups is 1. The van der Waals surface area contributed by atoms with Crippen LogP contribution >= 0.6 is 11.8 Å². The minimum atomic E-state index is -0.463. The number of Topliss-reactive ketones (excluding diaryl/α,β-unsaturated/α-hetero) is 2. The molecule has 5 rings (SSSR count). The Morgan fingerprint density at radius 3 is 2.58 bits per heavy atom. The number of para-hydroxylation sites is 1. The number of rotatable bonds is 7. The minimum absolute atomic E-state index is 0.0287. The third-order valence-electron chi connectivity index (χ3n) is 6.49. The lowest BCUT2D eigenvalue weighted by molar-refractivity contribution is -0.118. The Kier molecular flexibility index (Phi) is 6.34. The van der Waals surface area contributed by atoms with E-state index in [1.165, 1.54) is 11.8 Å². The number of fused-ring (bicyclic) bond motifs is 1. The van der Waals surface area contributed by atoms with E-state index in [1.54, 1.807) is 43.2 Å². The summed E-state index contributed by atoms with van der Waals surface area (Å²) in [5.74, 6) is 2.18. The van der Waals surface area contributed by atoms with Crippen LogP contribution in [0.3, 0.4) is 0 Å². The number of ketones is 2. The molecule has 1 atom stereocenters. The van der Waals surface area contributed by atoms with Crippen molar-refractivity contribution in [3.8, 4) is 11.5 Å². The predicted octanol–water partition coefficient (Wildman–Crippen LogP) is 4.93. The minimum Gasteiger partial charge on any atom is -0.497 e. The van der Waals surface area contributed by atoms with Crippen molar-refractivity contribution >= 4 is 29.3 Å². The Bertz CT molecular complexity index is 1360. The average Bonchev–Trinajstić information content (AvgIpc) is 3.27. The van der Waals surface area contributed by atoms with E-state index in [2.05, 4.69) is 24.1 Å². The van der Waals surface area contributed by atoms with Gasteiger partial charge >= 0.3 is 0 Å². The first kappa shape index (κ1) is 24.1. The normalized spacial score (nSPS) is 18.2. The van der Waals surface area contributed by atoms with Crippen LogP contribution in [0.25, 0.3) is 0 Å². The molecule has 0 radical (unpaired) electrons. The molecule has 1 aliphatic carbocycles. The third-order valence-corrected chi connectivity index (χ3v) is 7.33. The van der Waals surface area contributed by atoms with Gasteiger partial charge in [-0.2, -0.15) is 4.98 Å². The van der Waals surface area contributed by atoms with E-state index >= 15 is 0 Å². The van der Waals surface area contributed by atoms with Gasteiger partial charge in [0.25, 0.3) is 0 Å². The van der Waals surface area contributed by atoms with E-state index in [1.807, 2.05) is 24.3 Å². The Morgan fingerprint density at radius 2 is 1.86 bits per heavy atom. The first-order chi connectivity index (χ1) is 17.3. The van der Waals surface area contributed by atoms with Gasteiger partial charge in [0.15, 0.2) is 11.6 Å². The molecule has 9 heteroatoms. The molecule has 3 aromatic rings. The predicted molar refractivity (Wildman–Crippen MR) is 138 cm³/mol. The van der Waals surface area contributed by atoms with Gasteiger partial charge in [0.05, 0.1) is 20.0 Å². The maximum Gasteiger partial charge on any atom is 0.227 e. The molecule has 0 fully saturated rings. The van der Waals surface area contributed by atoms with Gasteiger partial charge in [-0.1, -0.05) is 43.8 Å². The van der Waals surface area contributed by atoms with Crippen molar-refractivity contribution in [2.24, 2.45) is 5.41 Å². The number of carbonyl (C=O) groups is 2. The summed E-state index contributed by atoms with van der Waals surface area (Å²) in [6, 6.07) is 14.2. The zero-order valence-corrected chi connectivity index (χ0v) is 21.5.